The van der Waals surface area contributed by atoms with E-state index >= 15 is 0 Å². The lowest BCUT2D eigenvalue weighted by Crippen LogP contribution is -2.20. The molecule has 4 aromatic heterocycles. The van der Waals surface area contributed by atoms with Gasteiger partial charge in [-0.15, -0.1) is 20.4 Å². The minimum atomic E-state index is -4.19. The van der Waals surface area contributed by atoms with Gasteiger partial charge in [-0.05, 0) is 60.7 Å². The normalized spacial score (nSPS) is 12.6. The van der Waals surface area contributed by atoms with Crippen LogP contribution in [-0.2, 0) is 50.9 Å². The van der Waals surface area contributed by atoms with Gasteiger partial charge in [0, 0.05) is 35.8 Å². The van der Waals surface area contributed by atoms with E-state index in [4.69, 9.17) is 28.4 Å². The standard InChI is InChI=1S/2C26H27FN4O8S2/c2*1-37-20-8-6-9-21(38-2)25(20)31-23(29-30-26(31)18-7-5-10-24(28-18)39-3)15-41(35,36)14-19(32)17-12-11-16(27)13-22(17)40(4,33)34/h2*5-13,19,32H,14-15H2,1-4H3/t2*19-/m10/s1. The second-order valence-corrected chi connectivity index (χ2v) is 25.9. The summed E-state index contributed by atoms with van der Waals surface area (Å²) in [6.45, 7) is 0. The quantitative estimate of drug-likeness (QED) is 0.0892. The number of para-hydroxylation sites is 2. The van der Waals surface area contributed by atoms with Crippen LogP contribution in [0.3, 0.4) is 0 Å². The van der Waals surface area contributed by atoms with Gasteiger partial charge in [0.1, 0.15) is 68.9 Å². The molecule has 0 aliphatic rings. The number of hydrogen-bond donors (Lipinski definition) is 2. The molecule has 0 spiro atoms. The highest BCUT2D eigenvalue weighted by atomic mass is 32.2. The first-order valence-corrected chi connectivity index (χ1v) is 31.3. The topological polar surface area (TPSA) is 320 Å². The Labute approximate surface area is 470 Å². The lowest BCUT2D eigenvalue weighted by molar-refractivity contribution is 0.198. The van der Waals surface area contributed by atoms with Gasteiger partial charge in [0.25, 0.3) is 0 Å². The number of hydrogen-bond acceptors (Lipinski definition) is 22. The summed E-state index contributed by atoms with van der Waals surface area (Å²) in [7, 11) is -7.72. The monoisotopic (exact) mass is 1210 g/mol. The molecular weight excluding hydrogens is 1160 g/mol. The third-order valence-electron chi connectivity index (χ3n) is 12.0. The van der Waals surface area contributed by atoms with Gasteiger partial charge in [-0.2, -0.15) is 0 Å². The van der Waals surface area contributed by atoms with Crippen molar-refractivity contribution in [1.29, 1.82) is 0 Å². The summed E-state index contributed by atoms with van der Waals surface area (Å²) in [6, 6.07) is 25.2. The zero-order chi connectivity index (χ0) is 59.9. The van der Waals surface area contributed by atoms with Crippen molar-refractivity contribution in [2.75, 3.05) is 66.7 Å². The smallest absolute Gasteiger partial charge is 0.213 e. The molecule has 4 heterocycles. The molecule has 0 unspecified atom stereocenters. The van der Waals surface area contributed by atoms with Crippen LogP contribution < -0.4 is 28.4 Å². The summed E-state index contributed by atoms with van der Waals surface area (Å²) in [5, 5.41) is 38.2. The van der Waals surface area contributed by atoms with Gasteiger partial charge in [0.05, 0.1) is 76.2 Å². The molecule has 24 nitrogen and oxygen atoms in total. The van der Waals surface area contributed by atoms with Gasteiger partial charge >= 0.3 is 0 Å². The Kier molecular flexibility index (Phi) is 19.0. The van der Waals surface area contributed by atoms with Crippen molar-refractivity contribution in [3.8, 4) is 69.2 Å². The van der Waals surface area contributed by atoms with Crippen molar-refractivity contribution < 1.29 is 81.1 Å². The number of aliphatic hydroxyl groups is 2. The van der Waals surface area contributed by atoms with Crippen molar-refractivity contribution >= 4 is 39.3 Å². The molecule has 0 amide bonds. The predicted octanol–water partition coefficient (Wildman–Crippen LogP) is 5.09. The Morgan fingerprint density at radius 1 is 0.463 bits per heavy atom. The zero-order valence-corrected chi connectivity index (χ0v) is 48.2. The predicted molar refractivity (Wildman–Crippen MR) is 292 cm³/mol. The fourth-order valence-corrected chi connectivity index (χ4v) is 13.0. The number of halogens is 2. The van der Waals surface area contributed by atoms with E-state index in [0.717, 1.165) is 48.9 Å². The molecule has 2 atom stereocenters. The third-order valence-corrected chi connectivity index (χ3v) is 17.4. The van der Waals surface area contributed by atoms with Gasteiger partial charge in [-0.1, -0.05) is 36.4 Å². The maximum absolute atomic E-state index is 13.8. The van der Waals surface area contributed by atoms with Crippen LogP contribution >= 0.6 is 0 Å². The Bertz CT molecular complexity index is 3800. The maximum atomic E-state index is 13.8. The number of ether oxygens (including phenoxy) is 6. The summed E-state index contributed by atoms with van der Waals surface area (Å²) >= 11 is 0. The summed E-state index contributed by atoms with van der Waals surface area (Å²) in [6.07, 6.45) is -1.88. The van der Waals surface area contributed by atoms with Crippen molar-refractivity contribution in [2.24, 2.45) is 0 Å². The van der Waals surface area contributed by atoms with Gasteiger partial charge in [-0.3, -0.25) is 9.13 Å². The van der Waals surface area contributed by atoms with E-state index in [9.17, 15) is 52.7 Å². The highest BCUT2D eigenvalue weighted by Gasteiger charge is 2.32. The fraction of sp³-hybridized carbons (Fsp3) is 0.269. The van der Waals surface area contributed by atoms with Crippen molar-refractivity contribution in [3.05, 3.63) is 144 Å². The molecule has 436 valence electrons. The van der Waals surface area contributed by atoms with Crippen LogP contribution in [0.2, 0.25) is 0 Å². The van der Waals surface area contributed by atoms with Crippen molar-refractivity contribution in [2.45, 2.75) is 33.5 Å². The molecule has 0 saturated heterocycles. The van der Waals surface area contributed by atoms with E-state index in [1.807, 2.05) is 0 Å². The van der Waals surface area contributed by atoms with E-state index in [2.05, 4.69) is 30.4 Å². The molecule has 4 aromatic carbocycles. The third kappa shape index (κ3) is 14.1. The first kappa shape index (κ1) is 61.5. The minimum Gasteiger partial charge on any atom is -0.494 e. The van der Waals surface area contributed by atoms with E-state index in [1.54, 1.807) is 72.8 Å². The molecule has 0 aliphatic heterocycles. The van der Waals surface area contributed by atoms with E-state index in [1.165, 1.54) is 51.8 Å². The molecular formula is C52H54F2N8O16S4. The summed E-state index contributed by atoms with van der Waals surface area (Å²) in [4.78, 5) is 7.77. The van der Waals surface area contributed by atoms with E-state index in [0.29, 0.717) is 45.8 Å². The number of aliphatic hydroxyl groups excluding tert-OH is 2. The highest BCUT2D eigenvalue weighted by Crippen LogP contribution is 2.39. The summed E-state index contributed by atoms with van der Waals surface area (Å²) in [5.74, 6) is -2.93. The Morgan fingerprint density at radius 2 is 0.793 bits per heavy atom. The molecule has 0 aliphatic carbocycles. The Hall–Kier alpha value is -8.16. The number of aromatic nitrogens is 8. The first-order valence-electron chi connectivity index (χ1n) is 23.9. The number of pyridine rings is 2. The molecule has 8 aromatic rings. The van der Waals surface area contributed by atoms with Crippen LogP contribution in [0.4, 0.5) is 8.78 Å². The van der Waals surface area contributed by atoms with E-state index in [-0.39, 0.29) is 46.2 Å². The molecule has 0 radical (unpaired) electrons. The van der Waals surface area contributed by atoms with E-state index < -0.39 is 96.0 Å². The minimum absolute atomic E-state index is 0.0675. The summed E-state index contributed by atoms with van der Waals surface area (Å²) < 4.78 is 165. The van der Waals surface area contributed by atoms with Crippen LogP contribution in [0.25, 0.3) is 34.4 Å². The van der Waals surface area contributed by atoms with Crippen LogP contribution in [0, 0.1) is 11.6 Å². The molecule has 0 saturated carbocycles. The van der Waals surface area contributed by atoms with Gasteiger partial charge in [0.15, 0.2) is 62.6 Å². The van der Waals surface area contributed by atoms with Crippen LogP contribution in [0.1, 0.15) is 35.0 Å². The van der Waals surface area contributed by atoms with Gasteiger partial charge in [-0.25, -0.2) is 52.4 Å². The number of rotatable bonds is 22. The van der Waals surface area contributed by atoms with Crippen LogP contribution in [0.15, 0.2) is 119 Å². The second-order valence-electron chi connectivity index (χ2n) is 17.8. The maximum Gasteiger partial charge on any atom is 0.213 e. The SMILES string of the molecule is COc1cccc(-c2nnc(CS(=O)(=O)C[C@@H](O)c3ccc(F)cc3S(C)(=O)=O)n2-c2c(OC)cccc2OC)n1.COc1cccc(-c2nnc(CS(=O)(=O)C[C@H](O)c3ccc(F)cc3S(C)(=O)=O)n2-c2c(OC)cccc2OC)n1. The summed E-state index contributed by atoms with van der Waals surface area (Å²) in [5.41, 5.74) is 0.713. The van der Waals surface area contributed by atoms with Crippen LogP contribution in [0.5, 0.6) is 34.8 Å². The van der Waals surface area contributed by atoms with Gasteiger partial charge in [0.2, 0.25) is 11.8 Å². The van der Waals surface area contributed by atoms with Gasteiger partial charge < -0.3 is 38.6 Å². The molecule has 0 fully saturated rings. The lowest BCUT2D eigenvalue weighted by atomic mass is 10.1. The average molecular weight is 1210 g/mol. The Balaban J connectivity index is 0.000000236. The molecule has 2 N–H and O–H groups in total. The highest BCUT2D eigenvalue weighted by molar-refractivity contribution is 7.91. The first-order chi connectivity index (χ1) is 38.8. The lowest BCUT2D eigenvalue weighted by Gasteiger charge is -2.18. The zero-order valence-electron chi connectivity index (χ0n) is 45.0. The molecule has 82 heavy (non-hydrogen) atoms. The molecule has 0 bridgehead atoms. The number of sulfone groups is 4. The fourth-order valence-electron chi connectivity index (χ4n) is 8.41. The largest absolute Gasteiger partial charge is 0.494 e. The Morgan fingerprint density at radius 3 is 1.10 bits per heavy atom. The number of nitrogens with zero attached hydrogens (tertiary/aromatic N) is 8. The molecule has 30 heteroatoms. The number of methoxy groups -OCH3 is 6. The molecule has 8 rings (SSSR count). The number of benzene rings is 4. The van der Waals surface area contributed by atoms with Crippen LogP contribution in [-0.4, -0.2) is 150 Å². The van der Waals surface area contributed by atoms with Crippen molar-refractivity contribution in [1.82, 2.24) is 39.5 Å². The average Bonchev–Trinajstić information content (AvgIpc) is 4.07. The van der Waals surface area contributed by atoms with Crippen molar-refractivity contribution in [3.63, 3.8) is 0 Å². The second kappa shape index (κ2) is 25.3.